The lowest BCUT2D eigenvalue weighted by atomic mass is 10.1. The van der Waals surface area contributed by atoms with E-state index < -0.39 is 10.0 Å². The summed E-state index contributed by atoms with van der Waals surface area (Å²) in [6.45, 7) is 2.41. The smallest absolute Gasteiger partial charge is 0.215 e. The molecule has 0 radical (unpaired) electrons. The Bertz CT molecular complexity index is 633. The largest absolute Gasteiger partial charge is 0.299 e. The maximum atomic E-state index is 12.1. The van der Waals surface area contributed by atoms with E-state index >= 15 is 0 Å². The average molecular weight is 307 g/mol. The van der Waals surface area contributed by atoms with Gasteiger partial charge in [-0.3, -0.25) is 4.90 Å². The molecule has 1 aliphatic rings. The van der Waals surface area contributed by atoms with Crippen LogP contribution in [0.5, 0.6) is 0 Å². The van der Waals surface area contributed by atoms with E-state index in [4.69, 9.17) is 5.26 Å². The maximum Gasteiger partial charge on any atom is 0.215 e. The molecule has 0 saturated heterocycles. The molecule has 1 N–H and O–H groups in total. The molecule has 1 atom stereocenters. The summed E-state index contributed by atoms with van der Waals surface area (Å²) in [4.78, 5) is 2.21. The van der Waals surface area contributed by atoms with E-state index in [2.05, 4.69) is 9.62 Å². The first-order chi connectivity index (χ1) is 9.93. The second kappa shape index (κ2) is 6.56. The highest BCUT2D eigenvalue weighted by Gasteiger charge is 2.29. The van der Waals surface area contributed by atoms with Crippen LogP contribution in [-0.4, -0.2) is 39.0 Å². The molecule has 1 saturated carbocycles. The standard InChI is InChI=1S/C15H21N3O2S/c1-12(18(2)15-7-8-15)10-17-21(19,20)11-14-6-4-3-5-13(14)9-16/h3-6,12,15,17H,7-8,10-11H2,1-2H3. The van der Waals surface area contributed by atoms with E-state index in [0.29, 0.717) is 23.7 Å². The van der Waals surface area contributed by atoms with E-state index in [9.17, 15) is 8.42 Å². The SMILES string of the molecule is CC(CNS(=O)(=O)Cc1ccccc1C#N)N(C)C1CC1. The molecule has 0 heterocycles. The van der Waals surface area contributed by atoms with Gasteiger partial charge in [-0.2, -0.15) is 5.26 Å². The molecule has 1 aromatic carbocycles. The minimum Gasteiger partial charge on any atom is -0.299 e. The lowest BCUT2D eigenvalue weighted by molar-refractivity contribution is 0.248. The molecule has 2 rings (SSSR count). The van der Waals surface area contributed by atoms with Crippen LogP contribution >= 0.6 is 0 Å². The first kappa shape index (κ1) is 16.0. The molecule has 1 unspecified atom stereocenters. The molecular formula is C15H21N3O2S. The van der Waals surface area contributed by atoms with Crippen LogP contribution in [0, 0.1) is 11.3 Å². The van der Waals surface area contributed by atoms with Crippen LogP contribution in [0.2, 0.25) is 0 Å². The Labute approximate surface area is 126 Å². The van der Waals surface area contributed by atoms with Crippen molar-refractivity contribution in [3.63, 3.8) is 0 Å². The van der Waals surface area contributed by atoms with E-state index in [1.165, 1.54) is 12.8 Å². The number of nitrogens with zero attached hydrogens (tertiary/aromatic N) is 2. The summed E-state index contributed by atoms with van der Waals surface area (Å²) in [5, 5.41) is 9.00. The van der Waals surface area contributed by atoms with Crippen molar-refractivity contribution in [3.8, 4) is 6.07 Å². The minimum atomic E-state index is -3.43. The molecule has 21 heavy (non-hydrogen) atoms. The van der Waals surface area contributed by atoms with Crippen LogP contribution in [0.15, 0.2) is 24.3 Å². The zero-order valence-corrected chi connectivity index (χ0v) is 13.2. The van der Waals surface area contributed by atoms with Crippen molar-refractivity contribution in [2.75, 3.05) is 13.6 Å². The molecule has 1 aliphatic carbocycles. The topological polar surface area (TPSA) is 73.2 Å². The summed E-state index contributed by atoms with van der Waals surface area (Å²) >= 11 is 0. The Morgan fingerprint density at radius 3 is 2.71 bits per heavy atom. The number of benzene rings is 1. The fraction of sp³-hybridized carbons (Fsp3) is 0.533. The number of rotatable bonds is 7. The van der Waals surface area contributed by atoms with Crippen molar-refractivity contribution in [1.82, 2.24) is 9.62 Å². The van der Waals surface area contributed by atoms with Crippen LogP contribution < -0.4 is 4.72 Å². The molecule has 0 amide bonds. The molecule has 0 spiro atoms. The number of nitriles is 1. The van der Waals surface area contributed by atoms with Crippen molar-refractivity contribution in [3.05, 3.63) is 35.4 Å². The van der Waals surface area contributed by atoms with E-state index in [0.717, 1.165) is 0 Å². The Kier molecular flexibility index (Phi) is 4.99. The van der Waals surface area contributed by atoms with Crippen LogP contribution in [0.4, 0.5) is 0 Å². The van der Waals surface area contributed by atoms with E-state index in [-0.39, 0.29) is 11.8 Å². The highest BCUT2D eigenvalue weighted by molar-refractivity contribution is 7.88. The molecular weight excluding hydrogens is 286 g/mol. The summed E-state index contributed by atoms with van der Waals surface area (Å²) in [5.74, 6) is -0.156. The molecule has 0 aromatic heterocycles. The Morgan fingerprint density at radius 2 is 2.10 bits per heavy atom. The monoisotopic (exact) mass is 307 g/mol. The van der Waals surface area contributed by atoms with Gasteiger partial charge >= 0.3 is 0 Å². The summed E-state index contributed by atoms with van der Waals surface area (Å²) in [6.07, 6.45) is 2.40. The van der Waals surface area contributed by atoms with Gasteiger partial charge in [0, 0.05) is 18.6 Å². The number of sulfonamides is 1. The Hall–Kier alpha value is -1.42. The van der Waals surface area contributed by atoms with Gasteiger partial charge in [0.25, 0.3) is 0 Å². The number of nitrogens with one attached hydrogen (secondary N) is 1. The first-order valence-corrected chi connectivity index (χ1v) is 8.75. The summed E-state index contributed by atoms with van der Waals surface area (Å²) in [7, 11) is -1.40. The lowest BCUT2D eigenvalue weighted by Crippen LogP contribution is -2.41. The van der Waals surface area contributed by atoms with Gasteiger partial charge in [-0.15, -0.1) is 0 Å². The molecule has 1 fully saturated rings. The van der Waals surface area contributed by atoms with Crippen LogP contribution in [0.1, 0.15) is 30.9 Å². The third-order valence-corrected chi connectivity index (χ3v) is 5.20. The van der Waals surface area contributed by atoms with Gasteiger partial charge in [0.1, 0.15) is 0 Å². The number of hydrogen-bond donors (Lipinski definition) is 1. The van der Waals surface area contributed by atoms with Gasteiger partial charge in [-0.25, -0.2) is 13.1 Å². The fourth-order valence-electron chi connectivity index (χ4n) is 2.24. The van der Waals surface area contributed by atoms with Gasteiger partial charge in [0.2, 0.25) is 10.0 Å². The van der Waals surface area contributed by atoms with Gasteiger partial charge in [-0.1, -0.05) is 18.2 Å². The Morgan fingerprint density at radius 1 is 1.43 bits per heavy atom. The Balaban J connectivity index is 1.94. The molecule has 1 aromatic rings. The van der Waals surface area contributed by atoms with Crippen LogP contribution in [0.3, 0.4) is 0 Å². The molecule has 5 nitrogen and oxygen atoms in total. The fourth-order valence-corrected chi connectivity index (χ4v) is 3.50. The van der Waals surface area contributed by atoms with Crippen molar-refractivity contribution in [2.45, 2.75) is 37.6 Å². The van der Waals surface area contributed by atoms with Crippen molar-refractivity contribution >= 4 is 10.0 Å². The first-order valence-electron chi connectivity index (χ1n) is 7.10. The minimum absolute atomic E-state index is 0.156. The van der Waals surface area contributed by atoms with Crippen LogP contribution in [0.25, 0.3) is 0 Å². The highest BCUT2D eigenvalue weighted by Crippen LogP contribution is 2.26. The van der Waals surface area contributed by atoms with Gasteiger partial charge < -0.3 is 0 Å². The zero-order chi connectivity index (χ0) is 15.5. The summed E-state index contributed by atoms with van der Waals surface area (Å²) in [5.41, 5.74) is 0.946. The number of hydrogen-bond acceptors (Lipinski definition) is 4. The third kappa shape index (κ3) is 4.53. The molecule has 0 bridgehead atoms. The number of likely N-dealkylation sites (N-methyl/N-ethyl adjacent to an activating group) is 1. The predicted octanol–water partition coefficient (Wildman–Crippen LogP) is 1.46. The second-order valence-electron chi connectivity index (χ2n) is 5.62. The van der Waals surface area contributed by atoms with E-state index in [1.807, 2.05) is 20.0 Å². The average Bonchev–Trinajstić information content (AvgIpc) is 3.29. The molecule has 114 valence electrons. The summed E-state index contributed by atoms with van der Waals surface area (Å²) < 4.78 is 26.9. The second-order valence-corrected chi connectivity index (χ2v) is 7.43. The van der Waals surface area contributed by atoms with E-state index in [1.54, 1.807) is 24.3 Å². The van der Waals surface area contributed by atoms with Crippen LogP contribution in [-0.2, 0) is 15.8 Å². The van der Waals surface area contributed by atoms with Crippen molar-refractivity contribution in [2.24, 2.45) is 0 Å². The molecule has 0 aliphatic heterocycles. The lowest BCUT2D eigenvalue weighted by Gasteiger charge is -2.24. The molecule has 6 heteroatoms. The van der Waals surface area contributed by atoms with Crippen molar-refractivity contribution in [1.29, 1.82) is 5.26 Å². The van der Waals surface area contributed by atoms with Gasteiger partial charge in [-0.05, 0) is 38.4 Å². The van der Waals surface area contributed by atoms with Gasteiger partial charge in [0.05, 0.1) is 17.4 Å². The summed E-state index contributed by atoms with van der Waals surface area (Å²) in [6, 6.07) is 9.58. The maximum absolute atomic E-state index is 12.1. The highest BCUT2D eigenvalue weighted by atomic mass is 32.2. The normalized spacial score (nSPS) is 16.7. The van der Waals surface area contributed by atoms with Crippen molar-refractivity contribution < 1.29 is 8.42 Å². The quantitative estimate of drug-likeness (QED) is 0.827. The predicted molar refractivity (Wildman–Crippen MR) is 82.0 cm³/mol. The third-order valence-electron chi connectivity index (χ3n) is 3.90. The van der Waals surface area contributed by atoms with Gasteiger partial charge in [0.15, 0.2) is 0 Å². The zero-order valence-electron chi connectivity index (χ0n) is 12.4.